The summed E-state index contributed by atoms with van der Waals surface area (Å²) < 4.78 is 13.3. The molecule has 1 aliphatic heterocycles. The summed E-state index contributed by atoms with van der Waals surface area (Å²) in [6.45, 7) is 3.39. The molecule has 1 amide bonds. The standard InChI is InChI=1S/C22H21FN2O/c1-15-22(19-7-2-3-8-20(19)24-15)17-9-11-25(12-10-17)21(26)14-16-5-4-6-18(23)13-16/h2-9,13,24H,10-12,14H2,1H3. The number of benzene rings is 2. The Morgan fingerprint density at radius 3 is 2.81 bits per heavy atom. The minimum absolute atomic E-state index is 0.0431. The largest absolute Gasteiger partial charge is 0.358 e. The van der Waals surface area contributed by atoms with Crippen LogP contribution in [-0.4, -0.2) is 28.9 Å². The normalized spacial score (nSPS) is 14.5. The second-order valence-corrected chi connectivity index (χ2v) is 6.80. The molecule has 1 aliphatic rings. The van der Waals surface area contributed by atoms with E-state index in [-0.39, 0.29) is 18.1 Å². The monoisotopic (exact) mass is 348 g/mol. The molecular weight excluding hydrogens is 327 g/mol. The summed E-state index contributed by atoms with van der Waals surface area (Å²) in [6.07, 6.45) is 3.22. The van der Waals surface area contributed by atoms with Gasteiger partial charge in [0.25, 0.3) is 0 Å². The molecule has 4 heteroatoms. The second kappa shape index (κ2) is 6.79. The molecule has 3 nitrogen and oxygen atoms in total. The zero-order valence-electron chi connectivity index (χ0n) is 14.8. The number of aromatic amines is 1. The van der Waals surface area contributed by atoms with Crippen LogP contribution in [0.5, 0.6) is 0 Å². The number of carbonyl (C=O) groups is 1. The van der Waals surface area contributed by atoms with E-state index in [9.17, 15) is 9.18 Å². The molecular formula is C22H21FN2O. The summed E-state index contributed by atoms with van der Waals surface area (Å²) in [5, 5.41) is 1.23. The van der Waals surface area contributed by atoms with Crippen LogP contribution in [0, 0.1) is 12.7 Å². The van der Waals surface area contributed by atoms with Crippen LogP contribution in [0.4, 0.5) is 4.39 Å². The molecule has 3 aromatic rings. The van der Waals surface area contributed by atoms with Crippen molar-refractivity contribution in [3.05, 3.63) is 77.2 Å². The number of H-pyrrole nitrogens is 1. The van der Waals surface area contributed by atoms with Gasteiger partial charge in [-0.15, -0.1) is 0 Å². The molecule has 0 spiro atoms. The van der Waals surface area contributed by atoms with Gasteiger partial charge in [0.05, 0.1) is 6.42 Å². The van der Waals surface area contributed by atoms with E-state index in [0.29, 0.717) is 13.1 Å². The Morgan fingerprint density at radius 1 is 1.19 bits per heavy atom. The number of fused-ring (bicyclic) bond motifs is 1. The first kappa shape index (κ1) is 16.6. The fourth-order valence-corrected chi connectivity index (χ4v) is 3.75. The molecule has 2 aromatic carbocycles. The Labute approximate surface area is 152 Å². The number of hydrogen-bond acceptors (Lipinski definition) is 1. The van der Waals surface area contributed by atoms with Gasteiger partial charge in [-0.2, -0.15) is 0 Å². The Kier molecular flexibility index (Phi) is 4.33. The number of nitrogens with zero attached hydrogens (tertiary/aromatic N) is 1. The van der Waals surface area contributed by atoms with Crippen LogP contribution in [0.1, 0.15) is 23.2 Å². The molecule has 1 aromatic heterocycles. The number of rotatable bonds is 3. The lowest BCUT2D eigenvalue weighted by Crippen LogP contribution is -2.35. The summed E-state index contributed by atoms with van der Waals surface area (Å²) in [5.74, 6) is -0.257. The van der Waals surface area contributed by atoms with Crippen LogP contribution in [0.25, 0.3) is 16.5 Å². The van der Waals surface area contributed by atoms with Crippen molar-refractivity contribution < 1.29 is 9.18 Å². The lowest BCUT2D eigenvalue weighted by Gasteiger charge is -2.27. The first-order chi connectivity index (χ1) is 12.6. The Morgan fingerprint density at radius 2 is 2.04 bits per heavy atom. The topological polar surface area (TPSA) is 36.1 Å². The van der Waals surface area contributed by atoms with E-state index in [1.807, 2.05) is 11.0 Å². The van der Waals surface area contributed by atoms with Crippen molar-refractivity contribution in [1.82, 2.24) is 9.88 Å². The quantitative estimate of drug-likeness (QED) is 0.745. The van der Waals surface area contributed by atoms with Crippen LogP contribution in [0.3, 0.4) is 0 Å². The Balaban J connectivity index is 1.51. The number of aromatic nitrogens is 1. The van der Waals surface area contributed by atoms with E-state index in [1.54, 1.807) is 12.1 Å². The van der Waals surface area contributed by atoms with E-state index in [2.05, 4.69) is 36.2 Å². The summed E-state index contributed by atoms with van der Waals surface area (Å²) in [6, 6.07) is 14.6. The highest BCUT2D eigenvalue weighted by atomic mass is 19.1. The maximum absolute atomic E-state index is 13.3. The first-order valence-corrected chi connectivity index (χ1v) is 8.91. The summed E-state index contributed by atoms with van der Waals surface area (Å²) >= 11 is 0. The first-order valence-electron chi connectivity index (χ1n) is 8.91. The highest BCUT2D eigenvalue weighted by Crippen LogP contribution is 2.32. The molecule has 0 bridgehead atoms. The van der Waals surface area contributed by atoms with Gasteiger partial charge in [0, 0.05) is 35.2 Å². The highest BCUT2D eigenvalue weighted by molar-refractivity contribution is 5.94. The highest BCUT2D eigenvalue weighted by Gasteiger charge is 2.21. The summed E-state index contributed by atoms with van der Waals surface area (Å²) in [4.78, 5) is 17.8. The molecule has 0 saturated heterocycles. The number of carbonyl (C=O) groups excluding carboxylic acids is 1. The van der Waals surface area contributed by atoms with Gasteiger partial charge in [0.1, 0.15) is 5.82 Å². The van der Waals surface area contributed by atoms with Crippen molar-refractivity contribution in [2.24, 2.45) is 0 Å². The van der Waals surface area contributed by atoms with Crippen molar-refractivity contribution in [2.45, 2.75) is 19.8 Å². The van der Waals surface area contributed by atoms with Gasteiger partial charge in [-0.1, -0.05) is 36.4 Å². The molecule has 0 aliphatic carbocycles. The average Bonchev–Trinajstić information content (AvgIpc) is 2.97. The predicted molar refractivity (Wildman–Crippen MR) is 102 cm³/mol. The van der Waals surface area contributed by atoms with Crippen molar-refractivity contribution in [3.63, 3.8) is 0 Å². The van der Waals surface area contributed by atoms with Gasteiger partial charge >= 0.3 is 0 Å². The molecule has 26 heavy (non-hydrogen) atoms. The van der Waals surface area contributed by atoms with Crippen LogP contribution in [0.15, 0.2) is 54.6 Å². The zero-order chi connectivity index (χ0) is 18.1. The summed E-state index contributed by atoms with van der Waals surface area (Å²) in [7, 11) is 0. The van der Waals surface area contributed by atoms with Crippen LogP contribution >= 0.6 is 0 Å². The number of hydrogen-bond donors (Lipinski definition) is 1. The fourth-order valence-electron chi connectivity index (χ4n) is 3.75. The third-order valence-corrected chi connectivity index (χ3v) is 5.02. The molecule has 2 heterocycles. The van der Waals surface area contributed by atoms with E-state index >= 15 is 0 Å². The molecule has 132 valence electrons. The minimum atomic E-state index is -0.300. The fraction of sp³-hybridized carbons (Fsp3) is 0.227. The van der Waals surface area contributed by atoms with Gasteiger partial charge < -0.3 is 9.88 Å². The lowest BCUT2D eigenvalue weighted by molar-refractivity contribution is -0.130. The molecule has 0 saturated carbocycles. The molecule has 0 unspecified atom stereocenters. The van der Waals surface area contributed by atoms with Crippen LogP contribution in [-0.2, 0) is 11.2 Å². The molecule has 0 radical (unpaired) electrons. The van der Waals surface area contributed by atoms with Crippen molar-refractivity contribution >= 4 is 22.4 Å². The van der Waals surface area contributed by atoms with Gasteiger partial charge in [0.15, 0.2) is 0 Å². The maximum atomic E-state index is 13.3. The van der Waals surface area contributed by atoms with Crippen LogP contribution < -0.4 is 0 Å². The zero-order valence-corrected chi connectivity index (χ0v) is 14.8. The third kappa shape index (κ3) is 3.15. The SMILES string of the molecule is Cc1[nH]c2ccccc2c1C1=CCN(C(=O)Cc2cccc(F)c2)CC1. The van der Waals surface area contributed by atoms with E-state index in [1.165, 1.54) is 28.7 Å². The molecule has 1 N–H and O–H groups in total. The van der Waals surface area contributed by atoms with Crippen molar-refractivity contribution in [2.75, 3.05) is 13.1 Å². The Bertz CT molecular complexity index is 1000. The molecule has 0 fully saturated rings. The third-order valence-electron chi connectivity index (χ3n) is 5.02. The van der Waals surface area contributed by atoms with Gasteiger partial charge in [-0.3, -0.25) is 4.79 Å². The van der Waals surface area contributed by atoms with Crippen molar-refractivity contribution in [1.29, 1.82) is 0 Å². The summed E-state index contributed by atoms with van der Waals surface area (Å²) in [5.41, 5.74) is 5.58. The number of aryl methyl sites for hydroxylation is 1. The molecule has 4 rings (SSSR count). The number of amides is 1. The number of halogens is 1. The lowest BCUT2D eigenvalue weighted by atomic mass is 9.96. The van der Waals surface area contributed by atoms with Crippen LogP contribution in [0.2, 0.25) is 0 Å². The number of para-hydroxylation sites is 1. The minimum Gasteiger partial charge on any atom is -0.358 e. The van der Waals surface area contributed by atoms with Gasteiger partial charge in [0.2, 0.25) is 5.91 Å². The number of nitrogens with one attached hydrogen (secondary N) is 1. The van der Waals surface area contributed by atoms with E-state index in [0.717, 1.165) is 23.2 Å². The predicted octanol–water partition coefficient (Wildman–Crippen LogP) is 4.47. The smallest absolute Gasteiger partial charge is 0.227 e. The van der Waals surface area contributed by atoms with E-state index < -0.39 is 0 Å². The van der Waals surface area contributed by atoms with Gasteiger partial charge in [-0.25, -0.2) is 4.39 Å². The van der Waals surface area contributed by atoms with Crippen molar-refractivity contribution in [3.8, 4) is 0 Å². The van der Waals surface area contributed by atoms with Gasteiger partial charge in [-0.05, 0) is 42.7 Å². The second-order valence-electron chi connectivity index (χ2n) is 6.80. The Hall–Kier alpha value is -2.88. The maximum Gasteiger partial charge on any atom is 0.227 e. The average molecular weight is 348 g/mol. The van der Waals surface area contributed by atoms with E-state index in [4.69, 9.17) is 0 Å². The molecule has 0 atom stereocenters.